The van der Waals surface area contributed by atoms with E-state index < -0.39 is 0 Å². The van der Waals surface area contributed by atoms with E-state index in [0.29, 0.717) is 0 Å². The summed E-state index contributed by atoms with van der Waals surface area (Å²) in [6, 6.07) is 0. The van der Waals surface area contributed by atoms with Gasteiger partial charge in [0.15, 0.2) is 0 Å². The number of nitrogens with zero attached hydrogens (tertiary/aromatic N) is 1. The largest absolute Gasteiger partial charge is 1.00 e. The van der Waals surface area contributed by atoms with E-state index in [0.717, 1.165) is 0 Å². The summed E-state index contributed by atoms with van der Waals surface area (Å²) in [6.07, 6.45) is 14.1. The minimum atomic E-state index is 0. The third-order valence-corrected chi connectivity index (χ3v) is 4.33. The van der Waals surface area contributed by atoms with Gasteiger partial charge in [0.1, 0.15) is 0 Å². The maximum absolute atomic E-state index is 2.35. The van der Waals surface area contributed by atoms with Gasteiger partial charge in [0.05, 0.1) is 26.2 Å². The maximum atomic E-state index is 2.35. The fourth-order valence-electron chi connectivity index (χ4n) is 3.50. The second-order valence-corrected chi connectivity index (χ2v) is 6.36. The summed E-state index contributed by atoms with van der Waals surface area (Å²) in [6.45, 7) is 15.0. The van der Waals surface area contributed by atoms with Crippen molar-refractivity contribution in [3.63, 3.8) is 0 Å². The molecule has 0 aromatic carbocycles. The van der Waals surface area contributed by atoms with Gasteiger partial charge >= 0.3 is 0 Å². The van der Waals surface area contributed by atoms with Crippen molar-refractivity contribution in [3.8, 4) is 0 Å². The van der Waals surface area contributed by atoms with Crippen molar-refractivity contribution < 1.29 is 28.5 Å². The van der Waals surface area contributed by atoms with Crippen LogP contribution in [0.5, 0.6) is 0 Å². The average Bonchev–Trinajstić information content (AvgIpc) is 2.39. The summed E-state index contributed by atoms with van der Waals surface area (Å²) < 4.78 is 1.40. The van der Waals surface area contributed by atoms with Crippen LogP contribution in [0, 0.1) is 0 Å². The second-order valence-electron chi connectivity index (χ2n) is 6.36. The van der Waals surface area contributed by atoms with Gasteiger partial charge < -0.3 is 28.5 Å². The van der Waals surface area contributed by atoms with Crippen LogP contribution in [0.2, 0.25) is 0 Å². The molecule has 0 fully saturated rings. The summed E-state index contributed by atoms with van der Waals surface area (Å²) in [4.78, 5) is 0. The number of rotatable bonds is 14. The number of hydrogen-bond acceptors (Lipinski definition) is 0. The standard InChI is InChI=1S/C18H40N.HI/c1-5-9-10-11-12-13-14-18-19(15-6-2,16-7-3)17-8-4;/h5-18H2,1-4H3;1H/q+1;/p-1. The normalized spacial score (nSPS) is 11.4. The quantitative estimate of drug-likeness (QED) is 0.240. The molecule has 124 valence electrons. The molecule has 0 N–H and O–H groups in total. The van der Waals surface area contributed by atoms with Gasteiger partial charge in [-0.15, -0.1) is 0 Å². The molecule has 0 saturated heterocycles. The van der Waals surface area contributed by atoms with Crippen molar-refractivity contribution >= 4 is 0 Å². The minimum Gasteiger partial charge on any atom is -1.00 e. The maximum Gasteiger partial charge on any atom is 0.0786 e. The van der Waals surface area contributed by atoms with Crippen LogP contribution < -0.4 is 24.0 Å². The summed E-state index contributed by atoms with van der Waals surface area (Å²) in [5, 5.41) is 0. The third-order valence-electron chi connectivity index (χ3n) is 4.33. The predicted molar refractivity (Wildman–Crippen MR) is 88.6 cm³/mol. The SMILES string of the molecule is CCCCCCCCC[N+](CCC)(CCC)CCC.[I-]. The molecule has 0 saturated carbocycles. The lowest BCUT2D eigenvalue weighted by Gasteiger charge is -2.38. The molecular formula is C18H40IN. The zero-order valence-electron chi connectivity index (χ0n) is 14.7. The van der Waals surface area contributed by atoms with Crippen LogP contribution in [-0.2, 0) is 0 Å². The fraction of sp³-hybridized carbons (Fsp3) is 1.00. The second kappa shape index (κ2) is 16.1. The van der Waals surface area contributed by atoms with Crippen LogP contribution in [-0.4, -0.2) is 30.7 Å². The topological polar surface area (TPSA) is 0 Å². The van der Waals surface area contributed by atoms with Gasteiger partial charge in [-0.1, -0.05) is 59.8 Å². The number of unbranched alkanes of at least 4 members (excludes halogenated alkanes) is 6. The molecule has 0 aliphatic heterocycles. The van der Waals surface area contributed by atoms with Crippen molar-refractivity contribution in [2.45, 2.75) is 91.9 Å². The van der Waals surface area contributed by atoms with Gasteiger partial charge in [-0.25, -0.2) is 0 Å². The first-order valence-electron chi connectivity index (χ1n) is 9.09. The van der Waals surface area contributed by atoms with Crippen molar-refractivity contribution in [3.05, 3.63) is 0 Å². The highest BCUT2D eigenvalue weighted by molar-refractivity contribution is 4.49. The lowest BCUT2D eigenvalue weighted by molar-refractivity contribution is -0.928. The molecule has 0 aromatic heterocycles. The lowest BCUT2D eigenvalue weighted by Crippen LogP contribution is -3.00. The molecule has 0 aromatic rings. The van der Waals surface area contributed by atoms with Crippen LogP contribution in [0.4, 0.5) is 0 Å². The van der Waals surface area contributed by atoms with E-state index in [1.165, 1.54) is 94.9 Å². The summed E-state index contributed by atoms with van der Waals surface area (Å²) in [7, 11) is 0. The molecule has 0 amide bonds. The first-order valence-corrected chi connectivity index (χ1v) is 9.09. The third kappa shape index (κ3) is 11.4. The first-order chi connectivity index (χ1) is 9.24. The van der Waals surface area contributed by atoms with Gasteiger partial charge in [0.2, 0.25) is 0 Å². The van der Waals surface area contributed by atoms with Gasteiger partial charge in [0, 0.05) is 0 Å². The van der Waals surface area contributed by atoms with Crippen LogP contribution in [0.3, 0.4) is 0 Å². The molecule has 0 aliphatic rings. The Morgan fingerprint density at radius 1 is 0.450 bits per heavy atom. The van der Waals surface area contributed by atoms with Crippen molar-refractivity contribution in [2.24, 2.45) is 0 Å². The summed E-state index contributed by atoms with van der Waals surface area (Å²) in [5.41, 5.74) is 0. The molecule has 20 heavy (non-hydrogen) atoms. The Labute approximate surface area is 146 Å². The summed E-state index contributed by atoms with van der Waals surface area (Å²) >= 11 is 0. The van der Waals surface area contributed by atoms with E-state index in [1.807, 2.05) is 0 Å². The molecule has 2 heteroatoms. The molecule has 0 radical (unpaired) electrons. The Hall–Kier alpha value is 0.690. The van der Waals surface area contributed by atoms with E-state index in [9.17, 15) is 0 Å². The average molecular weight is 397 g/mol. The van der Waals surface area contributed by atoms with Crippen LogP contribution in [0.25, 0.3) is 0 Å². The highest BCUT2D eigenvalue weighted by Gasteiger charge is 2.23. The number of quaternary nitrogens is 1. The highest BCUT2D eigenvalue weighted by atomic mass is 127. The van der Waals surface area contributed by atoms with Crippen LogP contribution >= 0.6 is 0 Å². The van der Waals surface area contributed by atoms with E-state index in [2.05, 4.69) is 27.7 Å². The molecule has 0 spiro atoms. The van der Waals surface area contributed by atoms with E-state index in [-0.39, 0.29) is 24.0 Å². The van der Waals surface area contributed by atoms with E-state index in [1.54, 1.807) is 0 Å². The van der Waals surface area contributed by atoms with Gasteiger partial charge in [-0.3, -0.25) is 0 Å². The summed E-state index contributed by atoms with van der Waals surface area (Å²) in [5.74, 6) is 0. The lowest BCUT2D eigenvalue weighted by atomic mass is 10.1. The van der Waals surface area contributed by atoms with Gasteiger partial charge in [-0.05, 0) is 32.1 Å². The molecule has 0 aliphatic carbocycles. The van der Waals surface area contributed by atoms with Crippen LogP contribution in [0.15, 0.2) is 0 Å². The minimum absolute atomic E-state index is 0. The zero-order chi connectivity index (χ0) is 14.4. The number of hydrogen-bond donors (Lipinski definition) is 0. The Morgan fingerprint density at radius 3 is 1.25 bits per heavy atom. The van der Waals surface area contributed by atoms with Crippen molar-refractivity contribution in [1.82, 2.24) is 0 Å². The molecule has 1 nitrogen and oxygen atoms in total. The van der Waals surface area contributed by atoms with Crippen molar-refractivity contribution in [1.29, 1.82) is 0 Å². The number of halogens is 1. The smallest absolute Gasteiger partial charge is 0.0786 e. The monoisotopic (exact) mass is 397 g/mol. The van der Waals surface area contributed by atoms with Gasteiger partial charge in [-0.2, -0.15) is 0 Å². The Morgan fingerprint density at radius 2 is 0.850 bits per heavy atom. The molecule has 0 rings (SSSR count). The fourth-order valence-corrected chi connectivity index (χ4v) is 3.50. The Balaban J connectivity index is 0. The molecule has 0 bridgehead atoms. The van der Waals surface area contributed by atoms with Crippen molar-refractivity contribution in [2.75, 3.05) is 26.2 Å². The Bertz CT molecular complexity index is 165. The molecule has 0 unspecified atom stereocenters. The zero-order valence-corrected chi connectivity index (χ0v) is 16.9. The molecule has 0 heterocycles. The van der Waals surface area contributed by atoms with Gasteiger partial charge in [0.25, 0.3) is 0 Å². The Kier molecular flexibility index (Phi) is 18.4. The highest BCUT2D eigenvalue weighted by Crippen LogP contribution is 2.15. The van der Waals surface area contributed by atoms with E-state index >= 15 is 0 Å². The molecule has 0 atom stereocenters. The predicted octanol–water partition coefficient (Wildman–Crippen LogP) is 2.79. The van der Waals surface area contributed by atoms with E-state index in [4.69, 9.17) is 0 Å². The first kappa shape index (κ1) is 23.0. The van der Waals surface area contributed by atoms with Crippen LogP contribution in [0.1, 0.15) is 91.9 Å². The molecular weight excluding hydrogens is 357 g/mol.